The molecule has 1 heterocycles. The summed E-state index contributed by atoms with van der Waals surface area (Å²) >= 11 is 0. The van der Waals surface area contributed by atoms with Crippen molar-refractivity contribution in [2.75, 3.05) is 0 Å². The minimum absolute atomic E-state index is 0.0227. The Balaban J connectivity index is 1.90. The van der Waals surface area contributed by atoms with Gasteiger partial charge in [0.15, 0.2) is 0 Å². The van der Waals surface area contributed by atoms with E-state index in [0.29, 0.717) is 6.07 Å². The first-order chi connectivity index (χ1) is 15.2. The van der Waals surface area contributed by atoms with Crippen molar-refractivity contribution in [1.29, 1.82) is 5.26 Å². The number of ether oxygens (including phenoxy) is 1. The van der Waals surface area contributed by atoms with Crippen molar-refractivity contribution in [3.8, 4) is 23.3 Å². The molecule has 0 spiro atoms. The molecule has 0 aliphatic rings. The first-order valence-corrected chi connectivity index (χ1v) is 9.01. The van der Waals surface area contributed by atoms with Crippen molar-refractivity contribution in [2.45, 2.75) is 6.18 Å². The van der Waals surface area contributed by atoms with Gasteiger partial charge in [0.1, 0.15) is 29.1 Å². The van der Waals surface area contributed by atoms with Gasteiger partial charge in [0.2, 0.25) is 0 Å². The molecule has 0 bridgehead atoms. The highest BCUT2D eigenvalue weighted by molar-refractivity contribution is 5.83. The second kappa shape index (κ2) is 7.70. The Hall–Kier alpha value is -4.39. The van der Waals surface area contributed by atoms with Crippen LogP contribution in [-0.2, 0) is 6.18 Å². The van der Waals surface area contributed by atoms with Crippen LogP contribution in [0.1, 0.15) is 11.3 Å². The molecule has 0 aliphatic heterocycles. The summed E-state index contributed by atoms with van der Waals surface area (Å²) in [6.07, 6.45) is -5.13. The fourth-order valence-electron chi connectivity index (χ4n) is 3.19. The Morgan fingerprint density at radius 2 is 1.69 bits per heavy atom. The molecule has 0 radical (unpaired) electrons. The molecule has 0 fully saturated rings. The molecule has 10 heteroatoms. The van der Waals surface area contributed by atoms with E-state index in [0.717, 1.165) is 16.8 Å². The second-order valence-corrected chi connectivity index (χ2v) is 6.68. The Kier molecular flexibility index (Phi) is 5.02. The number of benzene rings is 3. The van der Waals surface area contributed by atoms with E-state index in [1.165, 1.54) is 0 Å². The lowest BCUT2D eigenvalue weighted by molar-refractivity contribution is -0.143. The minimum Gasteiger partial charge on any atom is -0.456 e. The molecule has 160 valence electrons. The molecule has 0 saturated heterocycles. The van der Waals surface area contributed by atoms with Crippen molar-refractivity contribution in [2.24, 2.45) is 0 Å². The minimum atomic E-state index is -5.13. The fraction of sp³-hybridized carbons (Fsp3) is 0.0455. The maximum atomic E-state index is 14.7. The molecule has 1 aromatic heterocycles. The zero-order valence-corrected chi connectivity index (χ0v) is 15.9. The highest BCUT2D eigenvalue weighted by Crippen LogP contribution is 2.34. The standard InChI is InChI=1S/C22H11F4N3O3/c23-16-8-14(11-27)18(32-15-6-5-12-3-1-2-4-13(12)7-15)9-17(16)29-19(22(24,25)26)10-20(30)28-21(29)31/h1-10H,(H,28,30,31). The quantitative estimate of drug-likeness (QED) is 0.474. The molecule has 4 rings (SSSR count). The number of hydrogen-bond acceptors (Lipinski definition) is 4. The summed E-state index contributed by atoms with van der Waals surface area (Å²) in [5.74, 6) is -1.32. The molecule has 0 saturated carbocycles. The molecule has 0 amide bonds. The lowest BCUT2D eigenvalue weighted by atomic mass is 10.1. The third kappa shape index (κ3) is 3.83. The summed E-state index contributed by atoms with van der Waals surface area (Å²) in [7, 11) is 0. The van der Waals surface area contributed by atoms with Crippen molar-refractivity contribution < 1.29 is 22.3 Å². The number of aromatic nitrogens is 2. The Morgan fingerprint density at radius 3 is 2.38 bits per heavy atom. The molecule has 6 nitrogen and oxygen atoms in total. The van der Waals surface area contributed by atoms with E-state index in [4.69, 9.17) is 4.74 Å². The number of nitriles is 1. The molecular formula is C22H11F4N3O3. The number of H-pyrrole nitrogens is 1. The van der Waals surface area contributed by atoms with E-state index in [2.05, 4.69) is 0 Å². The van der Waals surface area contributed by atoms with Crippen LogP contribution in [0.25, 0.3) is 16.5 Å². The van der Waals surface area contributed by atoms with Crippen molar-refractivity contribution in [3.05, 3.63) is 98.6 Å². The number of nitrogens with zero attached hydrogens (tertiary/aromatic N) is 2. The molecule has 0 aliphatic carbocycles. The predicted octanol–water partition coefficient (Wildman–Crippen LogP) is 4.50. The second-order valence-electron chi connectivity index (χ2n) is 6.68. The third-order valence-electron chi connectivity index (χ3n) is 4.59. The molecule has 4 aromatic rings. The molecular weight excluding hydrogens is 430 g/mol. The normalized spacial score (nSPS) is 11.3. The van der Waals surface area contributed by atoms with E-state index in [1.54, 1.807) is 41.4 Å². The molecule has 3 aromatic carbocycles. The van der Waals surface area contributed by atoms with Gasteiger partial charge in [0.25, 0.3) is 5.56 Å². The fourth-order valence-corrected chi connectivity index (χ4v) is 3.19. The third-order valence-corrected chi connectivity index (χ3v) is 4.59. The molecule has 0 unspecified atom stereocenters. The van der Waals surface area contributed by atoms with Crippen LogP contribution in [0.4, 0.5) is 17.6 Å². The summed E-state index contributed by atoms with van der Waals surface area (Å²) in [5, 5.41) is 11.0. The number of nitrogens with one attached hydrogen (secondary N) is 1. The Labute approximate surface area is 176 Å². The summed E-state index contributed by atoms with van der Waals surface area (Å²) in [6.45, 7) is 0. The largest absolute Gasteiger partial charge is 0.456 e. The van der Waals surface area contributed by atoms with E-state index >= 15 is 0 Å². The van der Waals surface area contributed by atoms with Crippen LogP contribution < -0.4 is 16.0 Å². The lowest BCUT2D eigenvalue weighted by Crippen LogP contribution is -2.34. The number of rotatable bonds is 3. The van der Waals surface area contributed by atoms with Gasteiger partial charge in [0, 0.05) is 12.1 Å². The summed E-state index contributed by atoms with van der Waals surface area (Å²) in [4.78, 5) is 25.3. The first kappa shape index (κ1) is 20.9. The van der Waals surface area contributed by atoms with Crippen LogP contribution >= 0.6 is 0 Å². The van der Waals surface area contributed by atoms with Crippen LogP contribution in [0, 0.1) is 17.1 Å². The number of aromatic amines is 1. The van der Waals surface area contributed by atoms with Crippen molar-refractivity contribution >= 4 is 10.8 Å². The maximum Gasteiger partial charge on any atom is 0.432 e. The van der Waals surface area contributed by atoms with Crippen molar-refractivity contribution in [3.63, 3.8) is 0 Å². The zero-order chi connectivity index (χ0) is 23.0. The van der Waals surface area contributed by atoms with E-state index in [-0.39, 0.29) is 27.7 Å². The van der Waals surface area contributed by atoms with Gasteiger partial charge in [-0.2, -0.15) is 18.4 Å². The van der Waals surface area contributed by atoms with E-state index in [9.17, 15) is 32.4 Å². The van der Waals surface area contributed by atoms with Crippen LogP contribution in [0.3, 0.4) is 0 Å². The molecule has 0 atom stereocenters. The lowest BCUT2D eigenvalue weighted by Gasteiger charge is -2.16. The number of alkyl halides is 3. The predicted molar refractivity (Wildman–Crippen MR) is 106 cm³/mol. The number of halogens is 4. The van der Waals surface area contributed by atoms with E-state index < -0.39 is 34.6 Å². The average Bonchev–Trinajstić information content (AvgIpc) is 2.74. The average molecular weight is 441 g/mol. The van der Waals surface area contributed by atoms with Crippen molar-refractivity contribution in [1.82, 2.24) is 9.55 Å². The van der Waals surface area contributed by atoms with Gasteiger partial charge >= 0.3 is 11.9 Å². The summed E-state index contributed by atoms with van der Waals surface area (Å²) < 4.78 is 60.7. The van der Waals surface area contributed by atoms with Gasteiger partial charge in [0.05, 0.1) is 11.3 Å². The maximum absolute atomic E-state index is 14.7. The topological polar surface area (TPSA) is 87.9 Å². The number of hydrogen-bond donors (Lipinski definition) is 1. The highest BCUT2D eigenvalue weighted by Gasteiger charge is 2.36. The van der Waals surface area contributed by atoms with Gasteiger partial charge in [-0.1, -0.05) is 30.3 Å². The molecule has 32 heavy (non-hydrogen) atoms. The first-order valence-electron chi connectivity index (χ1n) is 9.01. The van der Waals surface area contributed by atoms with Gasteiger partial charge < -0.3 is 4.74 Å². The monoisotopic (exact) mass is 441 g/mol. The van der Waals surface area contributed by atoms with Crippen LogP contribution in [0.2, 0.25) is 0 Å². The van der Waals surface area contributed by atoms with Gasteiger partial charge in [-0.15, -0.1) is 0 Å². The Bertz CT molecular complexity index is 1510. The van der Waals surface area contributed by atoms with Gasteiger partial charge in [-0.25, -0.2) is 9.18 Å². The summed E-state index contributed by atoms with van der Waals surface area (Å²) in [6, 6.07) is 15.5. The van der Waals surface area contributed by atoms with Crippen LogP contribution in [-0.4, -0.2) is 9.55 Å². The van der Waals surface area contributed by atoms with Gasteiger partial charge in [-0.05, 0) is 29.0 Å². The van der Waals surface area contributed by atoms with Gasteiger partial charge in [-0.3, -0.25) is 14.3 Å². The summed E-state index contributed by atoms with van der Waals surface area (Å²) in [5.41, 5.74) is -5.60. The molecule has 1 N–H and O–H groups in total. The zero-order valence-electron chi connectivity index (χ0n) is 15.9. The van der Waals surface area contributed by atoms with E-state index in [1.807, 2.05) is 12.1 Å². The highest BCUT2D eigenvalue weighted by atomic mass is 19.4. The Morgan fingerprint density at radius 1 is 0.969 bits per heavy atom. The van der Waals surface area contributed by atoms with Crippen LogP contribution in [0.5, 0.6) is 11.5 Å². The SMILES string of the molecule is N#Cc1cc(F)c(-n2c(C(F)(F)F)cc(=O)[nH]c2=O)cc1Oc1ccc2ccccc2c1. The van der Waals surface area contributed by atoms with Crippen LogP contribution in [0.15, 0.2) is 70.3 Å². The number of fused-ring (bicyclic) bond motifs is 1. The smallest absolute Gasteiger partial charge is 0.432 e.